The largest absolute Gasteiger partial charge is 0.390 e. The number of aliphatic hydroxyl groups excluding tert-OH is 1. The van der Waals surface area contributed by atoms with Crippen molar-refractivity contribution in [2.75, 3.05) is 12.0 Å². The van der Waals surface area contributed by atoms with E-state index >= 15 is 0 Å². The zero-order valence-corrected chi connectivity index (χ0v) is 4.66. The highest BCUT2D eigenvalue weighted by atomic mass is 32.2. The molecular weight excluding hydrogens is 96.1 g/mol. The van der Waals surface area contributed by atoms with Gasteiger partial charge in [-0.25, -0.2) is 0 Å². The SMILES string of the molecule is CSCC[CH]O. The van der Waals surface area contributed by atoms with Gasteiger partial charge in [-0.15, -0.1) is 0 Å². The minimum atomic E-state index is 0.807. The predicted molar refractivity (Wildman–Crippen MR) is 29.2 cm³/mol. The van der Waals surface area contributed by atoms with Gasteiger partial charge in [0.25, 0.3) is 0 Å². The third kappa shape index (κ3) is 4.31. The minimum absolute atomic E-state index is 0.807. The van der Waals surface area contributed by atoms with Crippen LogP contribution in [0.5, 0.6) is 0 Å². The third-order valence-corrected chi connectivity index (χ3v) is 1.10. The summed E-state index contributed by atoms with van der Waals surface area (Å²) in [6.07, 6.45) is 2.82. The first-order valence-corrected chi connectivity index (χ1v) is 3.26. The van der Waals surface area contributed by atoms with Gasteiger partial charge in [-0.3, -0.25) is 0 Å². The van der Waals surface area contributed by atoms with Crippen LogP contribution in [-0.4, -0.2) is 17.1 Å². The molecule has 0 spiro atoms. The van der Waals surface area contributed by atoms with Crippen molar-refractivity contribution in [1.82, 2.24) is 0 Å². The first-order chi connectivity index (χ1) is 2.91. The topological polar surface area (TPSA) is 20.2 Å². The minimum Gasteiger partial charge on any atom is -0.390 e. The number of hydrogen-bond donors (Lipinski definition) is 1. The second-order valence-corrected chi connectivity index (χ2v) is 1.95. The molecule has 0 amide bonds. The Kier molecular flexibility index (Phi) is 5.58. The third-order valence-electron chi connectivity index (χ3n) is 0.451. The van der Waals surface area contributed by atoms with Crippen molar-refractivity contribution in [3.05, 3.63) is 6.61 Å². The fourth-order valence-electron chi connectivity index (χ4n) is 0.171. The molecule has 0 aliphatic heterocycles. The molecule has 0 aliphatic carbocycles. The summed E-state index contributed by atoms with van der Waals surface area (Å²) in [6.45, 7) is 1.19. The van der Waals surface area contributed by atoms with E-state index in [9.17, 15) is 0 Å². The van der Waals surface area contributed by atoms with E-state index in [0.717, 1.165) is 12.2 Å². The second kappa shape index (κ2) is 5.31. The van der Waals surface area contributed by atoms with E-state index in [1.165, 1.54) is 6.61 Å². The maximum absolute atomic E-state index is 8.06. The average Bonchev–Trinajstić information content (AvgIpc) is 1.61. The molecule has 6 heavy (non-hydrogen) atoms. The van der Waals surface area contributed by atoms with Crippen LogP contribution in [0.1, 0.15) is 6.42 Å². The van der Waals surface area contributed by atoms with Gasteiger partial charge in [0.15, 0.2) is 0 Å². The first kappa shape index (κ1) is 6.31. The summed E-state index contributed by atoms with van der Waals surface area (Å²) in [5, 5.41) is 8.06. The predicted octanol–water partition coefficient (Wildman–Crippen LogP) is 1.27. The molecule has 1 N–H and O–H groups in total. The van der Waals surface area contributed by atoms with E-state index in [4.69, 9.17) is 5.11 Å². The number of thioether (sulfide) groups is 1. The molecule has 1 nitrogen and oxygen atoms in total. The van der Waals surface area contributed by atoms with Crippen LogP contribution in [0.15, 0.2) is 0 Å². The van der Waals surface area contributed by atoms with Crippen LogP contribution in [0.25, 0.3) is 0 Å². The molecule has 37 valence electrons. The molecule has 0 aliphatic rings. The summed E-state index contributed by atoms with van der Waals surface area (Å²) in [6, 6.07) is 0. The Balaban J connectivity index is 2.34. The van der Waals surface area contributed by atoms with Crippen LogP contribution in [-0.2, 0) is 0 Å². The standard InChI is InChI=1S/C4H9OS/c1-6-4-2-3-5/h3,5H,2,4H2,1H3. The Morgan fingerprint density at radius 2 is 2.50 bits per heavy atom. The van der Waals surface area contributed by atoms with E-state index < -0.39 is 0 Å². The molecule has 0 aromatic rings. The lowest BCUT2D eigenvalue weighted by molar-refractivity contribution is 0.382. The lowest BCUT2D eigenvalue weighted by Crippen LogP contribution is -1.75. The van der Waals surface area contributed by atoms with Crippen molar-refractivity contribution in [2.45, 2.75) is 6.42 Å². The smallest absolute Gasteiger partial charge is 0.0807 e. The zero-order chi connectivity index (χ0) is 4.83. The van der Waals surface area contributed by atoms with Crippen molar-refractivity contribution in [2.24, 2.45) is 0 Å². The highest BCUT2D eigenvalue weighted by molar-refractivity contribution is 7.98. The van der Waals surface area contributed by atoms with Crippen LogP contribution < -0.4 is 0 Å². The van der Waals surface area contributed by atoms with Crippen LogP contribution in [0.3, 0.4) is 0 Å². The lowest BCUT2D eigenvalue weighted by atomic mass is 10.5. The summed E-state index contributed by atoms with van der Waals surface area (Å²) in [5.41, 5.74) is 0. The van der Waals surface area contributed by atoms with E-state index in [1.54, 1.807) is 11.8 Å². The number of rotatable bonds is 3. The fourth-order valence-corrected chi connectivity index (χ4v) is 0.512. The van der Waals surface area contributed by atoms with Gasteiger partial charge in [-0.2, -0.15) is 11.8 Å². The van der Waals surface area contributed by atoms with Crippen LogP contribution in [0.2, 0.25) is 0 Å². The Hall–Kier alpha value is 0.310. The fraction of sp³-hybridized carbons (Fsp3) is 0.750. The number of hydrogen-bond acceptors (Lipinski definition) is 2. The molecule has 0 saturated carbocycles. The molecule has 0 atom stereocenters. The number of aliphatic hydroxyl groups is 1. The van der Waals surface area contributed by atoms with Gasteiger partial charge in [0.05, 0.1) is 6.61 Å². The molecule has 0 saturated heterocycles. The average molecular weight is 105 g/mol. The molecule has 2 heteroatoms. The molecule has 0 unspecified atom stereocenters. The highest BCUT2D eigenvalue weighted by Crippen LogP contribution is 1.94. The van der Waals surface area contributed by atoms with Crippen molar-refractivity contribution in [3.8, 4) is 0 Å². The van der Waals surface area contributed by atoms with Crippen molar-refractivity contribution in [3.63, 3.8) is 0 Å². The van der Waals surface area contributed by atoms with Gasteiger partial charge in [-0.1, -0.05) is 0 Å². The highest BCUT2D eigenvalue weighted by Gasteiger charge is 1.77. The maximum atomic E-state index is 8.06. The second-order valence-electron chi connectivity index (χ2n) is 0.964. The van der Waals surface area contributed by atoms with Crippen LogP contribution >= 0.6 is 11.8 Å². The Morgan fingerprint density at radius 1 is 1.83 bits per heavy atom. The molecule has 0 fully saturated rings. The van der Waals surface area contributed by atoms with Crippen molar-refractivity contribution >= 4 is 11.8 Å². The van der Waals surface area contributed by atoms with Crippen molar-refractivity contribution in [1.29, 1.82) is 0 Å². The molecule has 0 bridgehead atoms. The molecule has 0 heterocycles. The molecule has 0 aromatic carbocycles. The van der Waals surface area contributed by atoms with Crippen LogP contribution in [0.4, 0.5) is 0 Å². The van der Waals surface area contributed by atoms with Crippen molar-refractivity contribution < 1.29 is 5.11 Å². The molecule has 0 rings (SSSR count). The zero-order valence-electron chi connectivity index (χ0n) is 3.85. The van der Waals surface area contributed by atoms with Crippen LogP contribution in [0, 0.1) is 6.61 Å². The molecular formula is C4H9OS. The molecule has 1 radical (unpaired) electrons. The van der Waals surface area contributed by atoms with Gasteiger partial charge in [0.1, 0.15) is 0 Å². The molecule has 0 aromatic heterocycles. The monoisotopic (exact) mass is 105 g/mol. The quantitative estimate of drug-likeness (QED) is 0.545. The first-order valence-electron chi connectivity index (χ1n) is 1.86. The van der Waals surface area contributed by atoms with E-state index in [1.807, 2.05) is 6.26 Å². The van der Waals surface area contributed by atoms with Gasteiger partial charge < -0.3 is 5.11 Å². The van der Waals surface area contributed by atoms with E-state index in [2.05, 4.69) is 0 Å². The summed E-state index contributed by atoms with van der Waals surface area (Å²) in [7, 11) is 0. The van der Waals surface area contributed by atoms with Gasteiger partial charge >= 0.3 is 0 Å². The van der Waals surface area contributed by atoms with Gasteiger partial charge in [0.2, 0.25) is 0 Å². The summed E-state index contributed by atoms with van der Waals surface area (Å²) < 4.78 is 0. The van der Waals surface area contributed by atoms with Gasteiger partial charge in [0, 0.05) is 0 Å². The normalized spacial score (nSPS) is 9.00. The van der Waals surface area contributed by atoms with Gasteiger partial charge in [-0.05, 0) is 18.4 Å². The van der Waals surface area contributed by atoms with E-state index in [-0.39, 0.29) is 0 Å². The Labute approximate surface area is 42.8 Å². The maximum Gasteiger partial charge on any atom is 0.0807 e. The summed E-state index contributed by atoms with van der Waals surface area (Å²) in [5.74, 6) is 1.02. The Bertz CT molecular complexity index is 19.5. The lowest BCUT2D eigenvalue weighted by Gasteiger charge is -1.85. The summed E-state index contributed by atoms with van der Waals surface area (Å²) >= 11 is 1.73. The van der Waals surface area contributed by atoms with E-state index in [0.29, 0.717) is 0 Å². The summed E-state index contributed by atoms with van der Waals surface area (Å²) in [4.78, 5) is 0. The Morgan fingerprint density at radius 3 is 2.67 bits per heavy atom.